The van der Waals surface area contributed by atoms with Crippen LogP contribution in [0.1, 0.15) is 11.1 Å². The molecule has 0 unspecified atom stereocenters. The summed E-state index contributed by atoms with van der Waals surface area (Å²) >= 11 is 0. The lowest BCUT2D eigenvalue weighted by Crippen LogP contribution is -1.90. The summed E-state index contributed by atoms with van der Waals surface area (Å²) in [5.74, 6) is -0.464. The van der Waals surface area contributed by atoms with E-state index in [0.29, 0.717) is 12.0 Å². The van der Waals surface area contributed by atoms with Gasteiger partial charge in [0.25, 0.3) is 0 Å². The van der Waals surface area contributed by atoms with Crippen molar-refractivity contribution in [2.24, 2.45) is 0 Å². The summed E-state index contributed by atoms with van der Waals surface area (Å²) in [6, 6.07) is 6.36. The minimum absolute atomic E-state index is 0.113. The zero-order chi connectivity index (χ0) is 8.27. The molecule has 0 atom stereocenters. The Morgan fingerprint density at radius 2 is 2.27 bits per heavy atom. The van der Waals surface area contributed by atoms with E-state index in [1.165, 1.54) is 6.07 Å². The molecular weight excluding hydrogens is 141 g/mol. The Morgan fingerprint density at radius 1 is 1.55 bits per heavy atom. The topological polar surface area (TPSA) is 23.8 Å². The van der Waals surface area contributed by atoms with Gasteiger partial charge in [-0.15, -0.1) is 0 Å². The van der Waals surface area contributed by atoms with Gasteiger partial charge in [0.1, 0.15) is 11.9 Å². The van der Waals surface area contributed by atoms with Gasteiger partial charge in [-0.2, -0.15) is 5.26 Å². The Balaban J connectivity index is 3.27. The Bertz CT molecular complexity index is 299. The summed E-state index contributed by atoms with van der Waals surface area (Å²) in [4.78, 5) is 0. The largest absolute Gasteiger partial charge is 0.206 e. The summed E-state index contributed by atoms with van der Waals surface area (Å²) in [6.45, 7) is 3.59. The van der Waals surface area contributed by atoms with Crippen LogP contribution >= 0.6 is 0 Å². The van der Waals surface area contributed by atoms with Crippen LogP contribution in [0.25, 0.3) is 0 Å². The van der Waals surface area contributed by atoms with Crippen LogP contribution < -0.4 is 0 Å². The van der Waals surface area contributed by atoms with Crippen molar-refractivity contribution in [2.45, 2.75) is 6.42 Å². The molecule has 11 heavy (non-hydrogen) atoms. The normalized spacial score (nSPS) is 9.18. The second-order valence-electron chi connectivity index (χ2n) is 2.14. The van der Waals surface area contributed by atoms with Crippen molar-refractivity contribution >= 4 is 0 Å². The van der Waals surface area contributed by atoms with E-state index in [1.54, 1.807) is 18.2 Å². The average Bonchev–Trinajstić information content (AvgIpc) is 2.04. The van der Waals surface area contributed by atoms with Crippen LogP contribution in [0, 0.1) is 24.1 Å². The molecule has 0 saturated carbocycles. The number of nitriles is 1. The first-order chi connectivity index (χ1) is 5.29. The van der Waals surface area contributed by atoms with E-state index in [0.717, 1.165) is 0 Å². The van der Waals surface area contributed by atoms with E-state index in [4.69, 9.17) is 5.26 Å². The lowest BCUT2D eigenvalue weighted by molar-refractivity contribution is 0.622. The van der Waals surface area contributed by atoms with Crippen molar-refractivity contribution in [1.82, 2.24) is 0 Å². The smallest absolute Gasteiger partial charge is 0.141 e. The van der Waals surface area contributed by atoms with Gasteiger partial charge in [-0.25, -0.2) is 4.39 Å². The molecule has 1 aromatic carbocycles. The first-order valence-corrected chi connectivity index (χ1v) is 3.26. The predicted octanol–water partition coefficient (Wildman–Crippen LogP) is 2.07. The van der Waals surface area contributed by atoms with Crippen molar-refractivity contribution < 1.29 is 4.39 Å². The van der Waals surface area contributed by atoms with Gasteiger partial charge in [0, 0.05) is 0 Å². The predicted molar refractivity (Wildman–Crippen MR) is 40.2 cm³/mol. The molecular formula is C9H7FN. The highest BCUT2D eigenvalue weighted by Crippen LogP contribution is 2.11. The molecule has 0 aliphatic heterocycles. The van der Waals surface area contributed by atoms with Crippen molar-refractivity contribution in [3.63, 3.8) is 0 Å². The van der Waals surface area contributed by atoms with E-state index in [9.17, 15) is 4.39 Å². The minimum Gasteiger partial charge on any atom is -0.206 e. The summed E-state index contributed by atoms with van der Waals surface area (Å²) in [6.07, 6.45) is 0.445. The fourth-order valence-electron chi connectivity index (χ4n) is 0.902. The second kappa shape index (κ2) is 3.16. The van der Waals surface area contributed by atoms with Gasteiger partial charge in [0.2, 0.25) is 0 Å². The van der Waals surface area contributed by atoms with Crippen molar-refractivity contribution in [1.29, 1.82) is 5.26 Å². The fraction of sp³-hybridized carbons (Fsp3) is 0.111. The Hall–Kier alpha value is -1.36. The van der Waals surface area contributed by atoms with Gasteiger partial charge in [-0.1, -0.05) is 12.1 Å². The molecule has 0 aromatic heterocycles. The lowest BCUT2D eigenvalue weighted by atomic mass is 10.1. The van der Waals surface area contributed by atoms with Gasteiger partial charge < -0.3 is 0 Å². The quantitative estimate of drug-likeness (QED) is 0.598. The average molecular weight is 148 g/mol. The van der Waals surface area contributed by atoms with Crippen LogP contribution in [0.4, 0.5) is 4.39 Å². The highest BCUT2D eigenvalue weighted by Gasteiger charge is 2.04. The van der Waals surface area contributed by atoms with Crippen LogP contribution in [0.2, 0.25) is 0 Å². The van der Waals surface area contributed by atoms with Gasteiger partial charge in [0.05, 0.1) is 5.56 Å². The van der Waals surface area contributed by atoms with Crippen LogP contribution in [0.15, 0.2) is 18.2 Å². The first kappa shape index (κ1) is 7.74. The van der Waals surface area contributed by atoms with E-state index in [1.807, 2.05) is 0 Å². The van der Waals surface area contributed by atoms with Crippen LogP contribution in [-0.2, 0) is 6.42 Å². The number of rotatable bonds is 1. The van der Waals surface area contributed by atoms with Crippen molar-refractivity contribution in [3.05, 3.63) is 42.1 Å². The summed E-state index contributed by atoms with van der Waals surface area (Å²) in [5.41, 5.74) is 0.773. The number of nitrogens with zero attached hydrogens (tertiary/aromatic N) is 1. The zero-order valence-electron chi connectivity index (χ0n) is 5.97. The molecule has 2 heteroatoms. The van der Waals surface area contributed by atoms with Crippen molar-refractivity contribution in [2.75, 3.05) is 0 Å². The molecule has 0 bridgehead atoms. The summed E-state index contributed by atoms with van der Waals surface area (Å²) in [7, 11) is 0. The number of hydrogen-bond donors (Lipinski definition) is 0. The van der Waals surface area contributed by atoms with Crippen LogP contribution in [0.3, 0.4) is 0 Å². The summed E-state index contributed by atoms with van der Waals surface area (Å²) in [5, 5.41) is 8.51. The molecule has 0 heterocycles. The van der Waals surface area contributed by atoms with Gasteiger partial charge in [0.15, 0.2) is 0 Å². The SMILES string of the molecule is [CH2]Cc1cccc(F)c1C#N. The standard InChI is InChI=1S/C9H7FN/c1-2-7-4-3-5-9(10)8(7)6-11/h3-5H,1-2H2. The fourth-order valence-corrected chi connectivity index (χ4v) is 0.902. The molecule has 1 radical (unpaired) electrons. The van der Waals surface area contributed by atoms with Gasteiger partial charge >= 0.3 is 0 Å². The maximum atomic E-state index is 12.8. The molecule has 0 N–H and O–H groups in total. The third kappa shape index (κ3) is 1.38. The Morgan fingerprint density at radius 3 is 2.73 bits per heavy atom. The van der Waals surface area contributed by atoms with Crippen LogP contribution in [-0.4, -0.2) is 0 Å². The molecule has 0 aliphatic rings. The van der Waals surface area contributed by atoms with Gasteiger partial charge in [-0.05, 0) is 25.0 Å². The Kier molecular flexibility index (Phi) is 2.22. The number of hydrogen-bond acceptors (Lipinski definition) is 1. The van der Waals surface area contributed by atoms with E-state index < -0.39 is 5.82 Å². The third-order valence-electron chi connectivity index (χ3n) is 1.48. The molecule has 55 valence electrons. The summed E-state index contributed by atoms with van der Waals surface area (Å²) < 4.78 is 12.8. The number of halogens is 1. The zero-order valence-corrected chi connectivity index (χ0v) is 5.97. The molecule has 0 aliphatic carbocycles. The van der Waals surface area contributed by atoms with Crippen molar-refractivity contribution in [3.8, 4) is 6.07 Å². The monoisotopic (exact) mass is 148 g/mol. The molecule has 1 nitrogen and oxygen atoms in total. The molecule has 1 aromatic rings. The van der Waals surface area contributed by atoms with E-state index >= 15 is 0 Å². The number of benzene rings is 1. The highest BCUT2D eigenvalue weighted by molar-refractivity contribution is 5.38. The first-order valence-electron chi connectivity index (χ1n) is 3.26. The maximum absolute atomic E-state index is 12.8. The van der Waals surface area contributed by atoms with E-state index in [-0.39, 0.29) is 5.56 Å². The maximum Gasteiger partial charge on any atom is 0.141 e. The highest BCUT2D eigenvalue weighted by atomic mass is 19.1. The van der Waals surface area contributed by atoms with E-state index in [2.05, 4.69) is 6.92 Å². The Labute approximate surface area is 65.1 Å². The molecule has 0 spiro atoms. The second-order valence-corrected chi connectivity index (χ2v) is 2.14. The van der Waals surface area contributed by atoms with Crippen LogP contribution in [0.5, 0.6) is 0 Å². The molecule has 0 fully saturated rings. The molecule has 0 amide bonds. The third-order valence-corrected chi connectivity index (χ3v) is 1.48. The van der Waals surface area contributed by atoms with Gasteiger partial charge in [-0.3, -0.25) is 0 Å². The molecule has 0 saturated heterocycles. The molecule has 1 rings (SSSR count). The lowest BCUT2D eigenvalue weighted by Gasteiger charge is -1.98. The minimum atomic E-state index is -0.464.